The zero-order valence-electron chi connectivity index (χ0n) is 20.4. The second kappa shape index (κ2) is 12.9. The van der Waals surface area contributed by atoms with Gasteiger partial charge in [0.2, 0.25) is 0 Å². The van der Waals surface area contributed by atoms with Crippen molar-refractivity contribution in [3.8, 4) is 0 Å². The van der Waals surface area contributed by atoms with Gasteiger partial charge in [-0.05, 0) is 63.2 Å². The van der Waals surface area contributed by atoms with Gasteiger partial charge >= 0.3 is 24.3 Å². The third kappa shape index (κ3) is 9.78. The fraction of sp³-hybridized carbons (Fsp3) is 0.667. The quantitative estimate of drug-likeness (QED) is 0.545. The molecule has 1 aromatic rings. The number of alkyl halides is 6. The Balaban J connectivity index is 0.000000286. The summed E-state index contributed by atoms with van der Waals surface area (Å²) < 4.78 is 69.8. The number of rotatable bonds is 3. The van der Waals surface area contributed by atoms with Crippen LogP contribution < -0.4 is 0 Å². The molecule has 0 aromatic heterocycles. The van der Waals surface area contributed by atoms with Crippen LogP contribution >= 0.6 is 0 Å². The molecule has 0 saturated carbocycles. The summed E-state index contributed by atoms with van der Waals surface area (Å²) in [5.74, 6) is -5.51. The predicted octanol–water partition coefficient (Wildman–Crippen LogP) is 4.48. The van der Waals surface area contributed by atoms with Crippen LogP contribution in [-0.2, 0) is 20.9 Å². The van der Waals surface area contributed by atoms with E-state index < -0.39 is 24.3 Å². The van der Waals surface area contributed by atoms with Gasteiger partial charge in [-0.2, -0.15) is 26.3 Å². The molecular weight excluding hydrogens is 510 g/mol. The van der Waals surface area contributed by atoms with Gasteiger partial charge in [-0.1, -0.05) is 24.3 Å². The SMILES string of the molecule is Cc1ccccc1CN1CC[C@@]2(C[C@@H](N3CCCC3)CCO2)C1.O=C(O)C(F)(F)F.O=C(O)C(F)(F)F. The summed E-state index contributed by atoms with van der Waals surface area (Å²) in [6, 6.07) is 9.56. The Morgan fingerprint density at radius 2 is 1.54 bits per heavy atom. The second-order valence-electron chi connectivity index (χ2n) is 9.41. The number of ether oxygens (including phenoxy) is 1. The first-order chi connectivity index (χ1) is 17.1. The smallest absolute Gasteiger partial charge is 0.475 e. The Hall–Kier alpha value is -2.38. The number of likely N-dealkylation sites (tertiary alicyclic amines) is 2. The number of hydrogen-bond acceptors (Lipinski definition) is 5. The van der Waals surface area contributed by atoms with Gasteiger partial charge in [-0.25, -0.2) is 9.59 Å². The minimum absolute atomic E-state index is 0.133. The molecule has 1 aromatic carbocycles. The molecule has 1 spiro atoms. The first kappa shape index (κ1) is 30.8. The fourth-order valence-corrected chi connectivity index (χ4v) is 4.80. The molecule has 13 heteroatoms. The van der Waals surface area contributed by atoms with E-state index >= 15 is 0 Å². The third-order valence-corrected chi connectivity index (χ3v) is 6.66. The van der Waals surface area contributed by atoms with Crippen molar-refractivity contribution in [3.63, 3.8) is 0 Å². The van der Waals surface area contributed by atoms with Crippen molar-refractivity contribution in [2.75, 3.05) is 32.8 Å². The first-order valence-electron chi connectivity index (χ1n) is 11.9. The highest BCUT2D eigenvalue weighted by molar-refractivity contribution is 5.73. The van der Waals surface area contributed by atoms with Gasteiger partial charge in [0.05, 0.1) is 5.60 Å². The number of carboxylic acid groups (broad SMARTS) is 2. The Kier molecular flexibility index (Phi) is 10.8. The molecule has 0 bridgehead atoms. The molecule has 0 amide bonds. The molecule has 2 N–H and O–H groups in total. The van der Waals surface area contributed by atoms with E-state index in [1.165, 1.54) is 62.9 Å². The lowest BCUT2D eigenvalue weighted by Gasteiger charge is -2.41. The average Bonchev–Trinajstić information content (AvgIpc) is 3.46. The molecule has 2 atom stereocenters. The Morgan fingerprint density at radius 3 is 2.05 bits per heavy atom. The number of hydrogen-bond donors (Lipinski definition) is 2. The Labute approximate surface area is 211 Å². The Morgan fingerprint density at radius 1 is 1.00 bits per heavy atom. The number of carboxylic acids is 2. The van der Waals surface area contributed by atoms with E-state index in [2.05, 4.69) is 41.0 Å². The van der Waals surface area contributed by atoms with E-state index in [9.17, 15) is 26.3 Å². The molecule has 3 heterocycles. The highest BCUT2D eigenvalue weighted by Crippen LogP contribution is 2.37. The van der Waals surface area contributed by atoms with Gasteiger partial charge in [0.25, 0.3) is 0 Å². The van der Waals surface area contributed by atoms with Crippen molar-refractivity contribution in [2.24, 2.45) is 0 Å². The molecule has 3 fully saturated rings. The van der Waals surface area contributed by atoms with Crippen LogP contribution in [0.4, 0.5) is 26.3 Å². The normalized spacial score (nSPS) is 24.7. The molecule has 4 rings (SSSR count). The van der Waals surface area contributed by atoms with Crippen molar-refractivity contribution in [2.45, 2.75) is 69.6 Å². The predicted molar refractivity (Wildman–Crippen MR) is 121 cm³/mol. The molecule has 3 aliphatic rings. The van der Waals surface area contributed by atoms with Crippen LogP contribution in [0.15, 0.2) is 24.3 Å². The van der Waals surface area contributed by atoms with Gasteiger partial charge in [0.15, 0.2) is 0 Å². The molecule has 0 radical (unpaired) electrons. The number of aryl methyl sites for hydroxylation is 1. The van der Waals surface area contributed by atoms with Crippen LogP contribution in [0.1, 0.15) is 43.2 Å². The van der Waals surface area contributed by atoms with E-state index in [1.807, 2.05) is 0 Å². The lowest BCUT2D eigenvalue weighted by molar-refractivity contribution is -0.193. The minimum Gasteiger partial charge on any atom is -0.475 e. The van der Waals surface area contributed by atoms with Gasteiger partial charge in [0.1, 0.15) is 0 Å². The fourth-order valence-electron chi connectivity index (χ4n) is 4.80. The van der Waals surface area contributed by atoms with Crippen LogP contribution in [0.3, 0.4) is 0 Å². The van der Waals surface area contributed by atoms with Crippen LogP contribution in [0.25, 0.3) is 0 Å². The maximum absolute atomic E-state index is 10.6. The maximum Gasteiger partial charge on any atom is 0.490 e. The highest BCUT2D eigenvalue weighted by atomic mass is 19.4. The van der Waals surface area contributed by atoms with Crippen LogP contribution in [0.5, 0.6) is 0 Å². The van der Waals surface area contributed by atoms with Gasteiger partial charge < -0.3 is 19.8 Å². The third-order valence-electron chi connectivity index (χ3n) is 6.66. The molecule has 3 saturated heterocycles. The van der Waals surface area contributed by atoms with E-state index in [4.69, 9.17) is 24.5 Å². The summed E-state index contributed by atoms with van der Waals surface area (Å²) in [7, 11) is 0. The summed E-state index contributed by atoms with van der Waals surface area (Å²) in [6.45, 7) is 9.18. The molecule has 0 aliphatic carbocycles. The van der Waals surface area contributed by atoms with Crippen molar-refractivity contribution in [3.05, 3.63) is 35.4 Å². The molecule has 3 aliphatic heterocycles. The molecule has 210 valence electrons. The second-order valence-corrected chi connectivity index (χ2v) is 9.41. The van der Waals surface area contributed by atoms with Crippen molar-refractivity contribution in [1.29, 1.82) is 0 Å². The number of nitrogens with zero attached hydrogens (tertiary/aromatic N) is 2. The largest absolute Gasteiger partial charge is 0.490 e. The van der Waals surface area contributed by atoms with Gasteiger partial charge in [-0.15, -0.1) is 0 Å². The van der Waals surface area contributed by atoms with Crippen molar-refractivity contribution < 1.29 is 50.9 Å². The average molecular weight is 543 g/mol. The lowest BCUT2D eigenvalue weighted by atomic mass is 9.89. The summed E-state index contributed by atoms with van der Waals surface area (Å²) in [6.07, 6.45) is -3.69. The van der Waals surface area contributed by atoms with Crippen LogP contribution in [0, 0.1) is 6.92 Å². The number of aliphatic carboxylic acids is 2. The van der Waals surface area contributed by atoms with Gasteiger partial charge in [-0.3, -0.25) is 4.90 Å². The lowest BCUT2D eigenvalue weighted by Crippen LogP contribution is -2.49. The molecule has 0 unspecified atom stereocenters. The summed E-state index contributed by atoms with van der Waals surface area (Å²) in [5.41, 5.74) is 3.01. The first-order valence-corrected chi connectivity index (χ1v) is 11.9. The van der Waals surface area contributed by atoms with Crippen LogP contribution in [-0.4, -0.2) is 88.7 Å². The molecule has 7 nitrogen and oxygen atoms in total. The minimum atomic E-state index is -5.08. The van der Waals surface area contributed by atoms with Crippen LogP contribution in [0.2, 0.25) is 0 Å². The zero-order valence-corrected chi connectivity index (χ0v) is 20.4. The summed E-state index contributed by atoms with van der Waals surface area (Å²) in [5, 5.41) is 14.2. The zero-order chi connectivity index (χ0) is 27.9. The van der Waals surface area contributed by atoms with Crippen molar-refractivity contribution >= 4 is 11.9 Å². The van der Waals surface area contributed by atoms with E-state index in [0.29, 0.717) is 0 Å². The molecule has 37 heavy (non-hydrogen) atoms. The van der Waals surface area contributed by atoms with Crippen molar-refractivity contribution in [1.82, 2.24) is 9.80 Å². The standard InChI is InChI=1S/C20H30N2O.2C2HF3O2/c1-17-6-2-3-7-18(17)15-21-12-9-20(16-21)14-19(8-13-23-20)22-10-4-5-11-22;2*3-2(4,5)1(6)7/h2-3,6-7,19H,4-5,8-16H2,1H3;2*(H,6,7)/t19-,20+;;/m0../s1. The summed E-state index contributed by atoms with van der Waals surface area (Å²) >= 11 is 0. The summed E-state index contributed by atoms with van der Waals surface area (Å²) in [4.78, 5) is 23.1. The number of carbonyl (C=O) groups is 2. The monoisotopic (exact) mass is 542 g/mol. The Bertz CT molecular complexity index is 880. The van der Waals surface area contributed by atoms with E-state index in [1.54, 1.807) is 0 Å². The number of halogens is 6. The highest BCUT2D eigenvalue weighted by Gasteiger charge is 2.44. The van der Waals surface area contributed by atoms with E-state index in [0.717, 1.165) is 25.7 Å². The van der Waals surface area contributed by atoms with E-state index in [-0.39, 0.29) is 5.60 Å². The number of benzene rings is 1. The molecular formula is C24H32F6N2O5. The topological polar surface area (TPSA) is 90.3 Å². The van der Waals surface area contributed by atoms with Gasteiger partial charge in [0, 0.05) is 32.3 Å². The maximum atomic E-state index is 10.6.